The summed E-state index contributed by atoms with van der Waals surface area (Å²) in [6.45, 7) is 1.56. The summed E-state index contributed by atoms with van der Waals surface area (Å²) in [6, 6.07) is 10.2. The molecule has 5 heteroatoms. The van der Waals surface area contributed by atoms with Crippen LogP contribution >= 0.6 is 24.0 Å². The largest absolute Gasteiger partial charge is 0.373 e. The number of nitrogens with zero attached hydrogens (tertiary/aromatic N) is 3. The molecule has 0 unspecified atom stereocenters. The highest BCUT2D eigenvalue weighted by molar-refractivity contribution is 14.0. The Morgan fingerprint density at radius 2 is 1.76 bits per heavy atom. The summed E-state index contributed by atoms with van der Waals surface area (Å²) in [7, 11) is 5.83. The first kappa shape index (κ1) is 16.0. The highest BCUT2D eigenvalue weighted by Crippen LogP contribution is 2.09. The molecule has 0 aliphatic heterocycles. The standard InChI is InChI=1S/C12H20N4.HI/c1-15(2)12(13)14-9-10-16(3)11-7-5-4-6-8-11;/h4-8H,9-10H2,1-3H3,(H2,13,14);1H. The number of halogens is 1. The number of rotatable bonds is 4. The van der Waals surface area contributed by atoms with Crippen LogP contribution in [-0.2, 0) is 0 Å². The van der Waals surface area contributed by atoms with E-state index in [1.807, 2.05) is 37.2 Å². The Bertz CT molecular complexity index is 338. The molecule has 0 aliphatic rings. The number of benzene rings is 1. The van der Waals surface area contributed by atoms with E-state index in [4.69, 9.17) is 5.73 Å². The number of likely N-dealkylation sites (N-methyl/N-ethyl adjacent to an activating group) is 1. The van der Waals surface area contributed by atoms with Crippen molar-refractivity contribution in [3.63, 3.8) is 0 Å². The second kappa shape index (κ2) is 8.16. The van der Waals surface area contributed by atoms with Crippen molar-refractivity contribution in [1.29, 1.82) is 0 Å². The number of anilines is 1. The number of guanidine groups is 1. The van der Waals surface area contributed by atoms with Gasteiger partial charge in [-0.25, -0.2) is 0 Å². The Morgan fingerprint density at radius 3 is 2.29 bits per heavy atom. The lowest BCUT2D eigenvalue weighted by atomic mass is 10.3. The third-order valence-electron chi connectivity index (χ3n) is 2.36. The average molecular weight is 348 g/mol. The van der Waals surface area contributed by atoms with Crippen molar-refractivity contribution in [2.45, 2.75) is 0 Å². The zero-order valence-electron chi connectivity index (χ0n) is 10.6. The van der Waals surface area contributed by atoms with Crippen LogP contribution in [0.25, 0.3) is 0 Å². The molecule has 17 heavy (non-hydrogen) atoms. The van der Waals surface area contributed by atoms with Crippen LogP contribution in [-0.4, -0.2) is 45.1 Å². The molecule has 0 aliphatic carbocycles. The molecular formula is C12H21IN4. The van der Waals surface area contributed by atoms with Gasteiger partial charge in [0.05, 0.1) is 6.54 Å². The predicted molar refractivity (Wildman–Crippen MR) is 85.3 cm³/mol. The van der Waals surface area contributed by atoms with Crippen LogP contribution in [0, 0.1) is 0 Å². The van der Waals surface area contributed by atoms with Crippen molar-refractivity contribution in [1.82, 2.24) is 4.90 Å². The Kier molecular flexibility index (Phi) is 7.69. The maximum Gasteiger partial charge on any atom is 0.190 e. The van der Waals surface area contributed by atoms with Gasteiger partial charge in [-0.15, -0.1) is 24.0 Å². The van der Waals surface area contributed by atoms with Crippen molar-refractivity contribution < 1.29 is 0 Å². The summed E-state index contributed by atoms with van der Waals surface area (Å²) in [4.78, 5) is 8.24. The summed E-state index contributed by atoms with van der Waals surface area (Å²) < 4.78 is 0. The Labute approximate surface area is 121 Å². The molecule has 0 radical (unpaired) electrons. The van der Waals surface area contributed by atoms with Gasteiger partial charge < -0.3 is 15.5 Å². The van der Waals surface area contributed by atoms with Crippen LogP contribution in [0.5, 0.6) is 0 Å². The van der Waals surface area contributed by atoms with Gasteiger partial charge in [-0.1, -0.05) is 18.2 Å². The zero-order chi connectivity index (χ0) is 12.0. The second-order valence-corrected chi connectivity index (χ2v) is 3.89. The van der Waals surface area contributed by atoms with Gasteiger partial charge in [-0.3, -0.25) is 4.99 Å². The van der Waals surface area contributed by atoms with Crippen LogP contribution < -0.4 is 10.6 Å². The van der Waals surface area contributed by atoms with Gasteiger partial charge in [0.2, 0.25) is 0 Å². The van der Waals surface area contributed by atoms with Crippen molar-refractivity contribution in [2.75, 3.05) is 39.1 Å². The molecule has 0 amide bonds. The molecule has 0 heterocycles. The van der Waals surface area contributed by atoms with Crippen molar-refractivity contribution in [2.24, 2.45) is 10.7 Å². The Balaban J connectivity index is 0.00000256. The fourth-order valence-electron chi connectivity index (χ4n) is 1.27. The third-order valence-corrected chi connectivity index (χ3v) is 2.36. The maximum absolute atomic E-state index is 5.70. The highest BCUT2D eigenvalue weighted by atomic mass is 127. The molecule has 2 N–H and O–H groups in total. The molecule has 96 valence electrons. The zero-order valence-corrected chi connectivity index (χ0v) is 13.0. The topological polar surface area (TPSA) is 44.9 Å². The maximum atomic E-state index is 5.70. The smallest absolute Gasteiger partial charge is 0.190 e. The third kappa shape index (κ3) is 5.76. The van der Waals surface area contributed by atoms with Gasteiger partial charge in [-0.2, -0.15) is 0 Å². The van der Waals surface area contributed by atoms with Crippen LogP contribution in [0.1, 0.15) is 0 Å². The Hall–Kier alpha value is -0.980. The molecular weight excluding hydrogens is 327 g/mol. The first-order valence-electron chi connectivity index (χ1n) is 5.34. The summed E-state index contributed by atoms with van der Waals surface area (Å²) in [5.74, 6) is 0.571. The van der Waals surface area contributed by atoms with Gasteiger partial charge in [0.15, 0.2) is 5.96 Å². The fourth-order valence-corrected chi connectivity index (χ4v) is 1.27. The summed E-state index contributed by atoms with van der Waals surface area (Å²) in [5.41, 5.74) is 6.89. The molecule has 0 fully saturated rings. The minimum absolute atomic E-state index is 0. The van der Waals surface area contributed by atoms with E-state index >= 15 is 0 Å². The molecule has 1 rings (SSSR count). The van der Waals surface area contributed by atoms with Crippen LogP contribution in [0.15, 0.2) is 35.3 Å². The predicted octanol–water partition coefficient (Wildman–Crippen LogP) is 1.62. The molecule has 0 saturated carbocycles. The van der Waals surface area contributed by atoms with E-state index in [1.54, 1.807) is 0 Å². The van der Waals surface area contributed by atoms with E-state index in [9.17, 15) is 0 Å². The van der Waals surface area contributed by atoms with Gasteiger partial charge in [0.1, 0.15) is 0 Å². The van der Waals surface area contributed by atoms with E-state index in [-0.39, 0.29) is 24.0 Å². The van der Waals surface area contributed by atoms with Gasteiger partial charge >= 0.3 is 0 Å². The molecule has 0 bridgehead atoms. The lowest BCUT2D eigenvalue weighted by Crippen LogP contribution is -2.31. The molecule has 0 saturated heterocycles. The number of aliphatic imine (C=N–C) groups is 1. The number of para-hydroxylation sites is 1. The molecule has 0 aromatic heterocycles. The van der Waals surface area contributed by atoms with Gasteiger partial charge in [0, 0.05) is 33.4 Å². The van der Waals surface area contributed by atoms with E-state index < -0.39 is 0 Å². The van der Waals surface area contributed by atoms with Crippen LogP contribution in [0.2, 0.25) is 0 Å². The fraction of sp³-hybridized carbons (Fsp3) is 0.417. The summed E-state index contributed by atoms with van der Waals surface area (Å²) >= 11 is 0. The van der Waals surface area contributed by atoms with E-state index in [1.165, 1.54) is 5.69 Å². The van der Waals surface area contributed by atoms with E-state index in [0.717, 1.165) is 6.54 Å². The molecule has 1 aromatic rings. The van der Waals surface area contributed by atoms with Gasteiger partial charge in [-0.05, 0) is 12.1 Å². The monoisotopic (exact) mass is 348 g/mol. The normalized spacial score (nSPS) is 10.6. The van der Waals surface area contributed by atoms with Crippen LogP contribution in [0.4, 0.5) is 5.69 Å². The van der Waals surface area contributed by atoms with Crippen LogP contribution in [0.3, 0.4) is 0 Å². The highest BCUT2D eigenvalue weighted by Gasteiger charge is 1.99. The molecule has 1 aromatic carbocycles. The van der Waals surface area contributed by atoms with Gasteiger partial charge in [0.25, 0.3) is 0 Å². The lowest BCUT2D eigenvalue weighted by Gasteiger charge is -2.18. The van der Waals surface area contributed by atoms with Crippen molar-refractivity contribution >= 4 is 35.6 Å². The molecule has 0 spiro atoms. The number of nitrogens with two attached hydrogens (primary N) is 1. The van der Waals surface area contributed by atoms with Crippen molar-refractivity contribution in [3.8, 4) is 0 Å². The minimum Gasteiger partial charge on any atom is -0.373 e. The first-order chi connectivity index (χ1) is 7.61. The molecule has 4 nitrogen and oxygen atoms in total. The Morgan fingerprint density at radius 1 is 1.18 bits per heavy atom. The average Bonchev–Trinajstić information content (AvgIpc) is 2.29. The van der Waals surface area contributed by atoms with Crippen molar-refractivity contribution in [3.05, 3.63) is 30.3 Å². The SMILES string of the molecule is CN(C)C(N)=NCCN(C)c1ccccc1.I. The number of hydrogen-bond acceptors (Lipinski definition) is 2. The second-order valence-electron chi connectivity index (χ2n) is 3.89. The van der Waals surface area contributed by atoms with E-state index in [2.05, 4.69) is 29.1 Å². The number of hydrogen-bond donors (Lipinski definition) is 1. The lowest BCUT2D eigenvalue weighted by molar-refractivity contribution is 0.609. The molecule has 0 atom stereocenters. The van der Waals surface area contributed by atoms with E-state index in [0.29, 0.717) is 12.5 Å². The first-order valence-corrected chi connectivity index (χ1v) is 5.34. The minimum atomic E-state index is 0. The quantitative estimate of drug-likeness (QED) is 0.511. The summed E-state index contributed by atoms with van der Waals surface area (Å²) in [5, 5.41) is 0. The summed E-state index contributed by atoms with van der Waals surface area (Å²) in [6.07, 6.45) is 0.